The molecule has 7 nitrogen and oxygen atoms in total. The first-order valence-electron chi connectivity index (χ1n) is 11.3. The number of piperazine rings is 1. The van der Waals surface area contributed by atoms with Crippen LogP contribution in [0.3, 0.4) is 0 Å². The van der Waals surface area contributed by atoms with E-state index in [-0.39, 0.29) is 17.9 Å². The van der Waals surface area contributed by atoms with E-state index in [4.69, 9.17) is 21.4 Å². The quantitative estimate of drug-likeness (QED) is 0.646. The number of nitrogens with zero attached hydrogens (tertiary/aromatic N) is 4. The molecule has 0 radical (unpaired) electrons. The lowest BCUT2D eigenvalue weighted by Gasteiger charge is -2.52. The Bertz CT molecular complexity index is 1150. The average Bonchev–Trinajstić information content (AvgIpc) is 3.05. The second kappa shape index (κ2) is 8.15. The molecule has 5 rings (SSSR count). The van der Waals surface area contributed by atoms with Crippen LogP contribution in [0.4, 0.5) is 11.4 Å². The van der Waals surface area contributed by atoms with Crippen molar-refractivity contribution in [3.05, 3.63) is 58.6 Å². The van der Waals surface area contributed by atoms with Crippen LogP contribution >= 0.6 is 11.6 Å². The SMILES string of the molecule is CCOC(=O)c1ccc(N2N=C(C)[C@]3(Cc4ccc(Cl)cc4N4CCN(C)C[C@@H]43)C2=O)cc1. The Kier molecular flexibility index (Phi) is 5.41. The third kappa shape index (κ3) is 3.42. The largest absolute Gasteiger partial charge is 0.462 e. The molecule has 3 heterocycles. The Labute approximate surface area is 198 Å². The van der Waals surface area contributed by atoms with Crippen molar-refractivity contribution in [1.82, 2.24) is 4.90 Å². The summed E-state index contributed by atoms with van der Waals surface area (Å²) >= 11 is 6.33. The van der Waals surface area contributed by atoms with Crippen LogP contribution in [0.2, 0.25) is 5.02 Å². The third-order valence-corrected chi connectivity index (χ3v) is 7.31. The predicted molar refractivity (Wildman–Crippen MR) is 129 cm³/mol. The Hall–Kier alpha value is -2.90. The number of rotatable bonds is 3. The van der Waals surface area contributed by atoms with Crippen molar-refractivity contribution in [2.45, 2.75) is 26.3 Å². The molecule has 0 aliphatic carbocycles. The summed E-state index contributed by atoms with van der Waals surface area (Å²) in [5.74, 6) is -0.411. The van der Waals surface area contributed by atoms with E-state index in [1.807, 2.05) is 25.1 Å². The molecule has 0 N–H and O–H groups in total. The number of ether oxygens (including phenoxy) is 1. The molecule has 172 valence electrons. The number of carbonyl (C=O) groups excluding carboxylic acids is 2. The van der Waals surface area contributed by atoms with Crippen LogP contribution < -0.4 is 9.91 Å². The average molecular weight is 467 g/mol. The number of esters is 1. The number of hydrazone groups is 1. The maximum absolute atomic E-state index is 14.1. The maximum Gasteiger partial charge on any atom is 0.338 e. The van der Waals surface area contributed by atoms with E-state index in [0.717, 1.165) is 36.6 Å². The monoisotopic (exact) mass is 466 g/mol. The fourth-order valence-corrected chi connectivity index (χ4v) is 5.51. The van der Waals surface area contributed by atoms with Crippen LogP contribution in [0, 0.1) is 5.41 Å². The van der Waals surface area contributed by atoms with Gasteiger partial charge in [-0.2, -0.15) is 10.1 Å². The second-order valence-corrected chi connectivity index (χ2v) is 9.40. The summed E-state index contributed by atoms with van der Waals surface area (Å²) in [4.78, 5) is 30.7. The van der Waals surface area contributed by atoms with Crippen molar-refractivity contribution in [2.24, 2.45) is 10.5 Å². The van der Waals surface area contributed by atoms with E-state index in [1.54, 1.807) is 31.2 Å². The first kappa shape index (κ1) is 21.9. The Morgan fingerprint density at radius 2 is 1.97 bits per heavy atom. The van der Waals surface area contributed by atoms with Crippen molar-refractivity contribution in [3.63, 3.8) is 0 Å². The molecule has 8 heteroatoms. The lowest BCUT2D eigenvalue weighted by atomic mass is 9.67. The van der Waals surface area contributed by atoms with Gasteiger partial charge in [0.05, 0.1) is 29.6 Å². The van der Waals surface area contributed by atoms with Crippen molar-refractivity contribution >= 4 is 40.6 Å². The van der Waals surface area contributed by atoms with Gasteiger partial charge in [0.2, 0.25) is 0 Å². The topological polar surface area (TPSA) is 65.5 Å². The van der Waals surface area contributed by atoms with E-state index >= 15 is 0 Å². The lowest BCUT2D eigenvalue weighted by molar-refractivity contribution is -0.125. The number of benzene rings is 2. The molecule has 0 saturated carbocycles. The molecule has 1 fully saturated rings. The lowest BCUT2D eigenvalue weighted by Crippen LogP contribution is -2.66. The van der Waals surface area contributed by atoms with Crippen LogP contribution in [-0.2, 0) is 16.0 Å². The van der Waals surface area contributed by atoms with E-state index < -0.39 is 5.41 Å². The van der Waals surface area contributed by atoms with Crippen LogP contribution in [0.15, 0.2) is 47.6 Å². The maximum atomic E-state index is 14.1. The van der Waals surface area contributed by atoms with Crippen LogP contribution in [0.25, 0.3) is 0 Å². The van der Waals surface area contributed by atoms with Crippen LogP contribution in [0.5, 0.6) is 0 Å². The van der Waals surface area contributed by atoms with Gasteiger partial charge in [-0.05, 0) is 69.3 Å². The zero-order chi connectivity index (χ0) is 23.3. The molecule has 3 aliphatic rings. The molecular formula is C25H27ClN4O3. The van der Waals surface area contributed by atoms with E-state index in [2.05, 4.69) is 16.8 Å². The number of hydrogen-bond acceptors (Lipinski definition) is 6. The summed E-state index contributed by atoms with van der Waals surface area (Å²) in [6.07, 6.45) is 0.583. The molecule has 2 aromatic rings. The summed E-state index contributed by atoms with van der Waals surface area (Å²) in [5.41, 5.74) is 3.38. The number of anilines is 2. The molecule has 0 bridgehead atoms. The van der Waals surface area contributed by atoms with Gasteiger partial charge in [-0.3, -0.25) is 4.79 Å². The highest BCUT2D eigenvalue weighted by Crippen LogP contribution is 2.48. The van der Waals surface area contributed by atoms with Gasteiger partial charge < -0.3 is 14.5 Å². The van der Waals surface area contributed by atoms with Crippen LogP contribution in [-0.4, -0.2) is 61.8 Å². The molecule has 0 aromatic heterocycles. The standard InChI is InChI=1S/C25H27ClN4O3/c1-4-33-23(31)17-6-9-20(10-7-17)30-24(32)25(16(2)27-30)14-18-5-8-19(26)13-21(18)29-12-11-28(3)15-22(25)29/h5-10,13,22H,4,11-12,14-15H2,1-3H3/t22-,25+/m1/s1. The minimum Gasteiger partial charge on any atom is -0.462 e. The Morgan fingerprint density at radius 1 is 1.21 bits per heavy atom. The van der Waals surface area contributed by atoms with E-state index in [1.165, 1.54) is 5.01 Å². The van der Waals surface area contributed by atoms with Gasteiger partial charge in [0.25, 0.3) is 5.91 Å². The number of carbonyl (C=O) groups is 2. The normalized spacial score (nSPS) is 24.5. The highest BCUT2D eigenvalue weighted by atomic mass is 35.5. The molecule has 1 spiro atoms. The smallest absolute Gasteiger partial charge is 0.338 e. The molecular weight excluding hydrogens is 440 g/mol. The van der Waals surface area contributed by atoms with Crippen LogP contribution in [0.1, 0.15) is 29.8 Å². The molecule has 33 heavy (non-hydrogen) atoms. The number of likely N-dealkylation sites (N-methyl/N-ethyl adjacent to an activating group) is 1. The molecule has 2 aromatic carbocycles. The van der Waals surface area contributed by atoms with Gasteiger partial charge in [0.15, 0.2) is 0 Å². The summed E-state index contributed by atoms with van der Waals surface area (Å²) < 4.78 is 5.07. The van der Waals surface area contributed by atoms with Crippen molar-refractivity contribution in [1.29, 1.82) is 0 Å². The van der Waals surface area contributed by atoms with Crippen molar-refractivity contribution in [3.8, 4) is 0 Å². The number of fused-ring (bicyclic) bond motifs is 4. The van der Waals surface area contributed by atoms with Crippen molar-refractivity contribution in [2.75, 3.05) is 43.2 Å². The summed E-state index contributed by atoms with van der Waals surface area (Å²) in [6, 6.07) is 12.8. The molecule has 3 aliphatic heterocycles. The molecule has 1 amide bonds. The van der Waals surface area contributed by atoms with E-state index in [0.29, 0.717) is 29.3 Å². The van der Waals surface area contributed by atoms with Gasteiger partial charge in [0, 0.05) is 30.3 Å². The van der Waals surface area contributed by atoms with Crippen molar-refractivity contribution < 1.29 is 14.3 Å². The third-order valence-electron chi connectivity index (χ3n) is 7.07. The summed E-state index contributed by atoms with van der Waals surface area (Å²) in [6.45, 7) is 6.55. The fraction of sp³-hybridized carbons (Fsp3) is 0.400. The minimum atomic E-state index is -0.755. The highest BCUT2D eigenvalue weighted by Gasteiger charge is 2.59. The second-order valence-electron chi connectivity index (χ2n) is 8.96. The number of hydrogen-bond donors (Lipinski definition) is 0. The van der Waals surface area contributed by atoms with Gasteiger partial charge >= 0.3 is 5.97 Å². The number of halogens is 1. The summed E-state index contributed by atoms with van der Waals surface area (Å²) in [7, 11) is 2.09. The molecule has 1 saturated heterocycles. The molecule has 2 atom stereocenters. The fourth-order valence-electron chi connectivity index (χ4n) is 5.35. The molecule has 0 unspecified atom stereocenters. The Morgan fingerprint density at radius 3 is 2.70 bits per heavy atom. The minimum absolute atomic E-state index is 0.0326. The van der Waals surface area contributed by atoms with E-state index in [9.17, 15) is 9.59 Å². The van der Waals surface area contributed by atoms with Gasteiger partial charge in [-0.25, -0.2) is 4.79 Å². The first-order valence-corrected chi connectivity index (χ1v) is 11.6. The highest BCUT2D eigenvalue weighted by molar-refractivity contribution is 6.31. The van der Waals surface area contributed by atoms with Gasteiger partial charge in [-0.1, -0.05) is 17.7 Å². The predicted octanol–water partition coefficient (Wildman–Crippen LogP) is 3.60. The zero-order valence-corrected chi connectivity index (χ0v) is 19.8. The summed E-state index contributed by atoms with van der Waals surface area (Å²) in [5, 5.41) is 6.95. The zero-order valence-electron chi connectivity index (χ0n) is 19.0. The van der Waals surface area contributed by atoms with Gasteiger partial charge in [0.1, 0.15) is 5.41 Å². The Balaban J connectivity index is 1.53. The number of amides is 1. The first-order chi connectivity index (χ1) is 15.8. The van der Waals surface area contributed by atoms with Gasteiger partial charge in [-0.15, -0.1) is 0 Å².